The van der Waals surface area contributed by atoms with Gasteiger partial charge in [0.25, 0.3) is 10.0 Å². The van der Waals surface area contributed by atoms with Gasteiger partial charge in [0.2, 0.25) is 0 Å². The molecule has 2 rings (SSSR count). The first-order valence-electron chi connectivity index (χ1n) is 6.85. The van der Waals surface area contributed by atoms with Gasteiger partial charge in [0.05, 0.1) is 19.4 Å². The predicted molar refractivity (Wildman–Crippen MR) is 88.5 cm³/mol. The van der Waals surface area contributed by atoms with Crippen molar-refractivity contribution in [2.75, 3.05) is 24.6 Å². The predicted octanol–water partition coefficient (Wildman–Crippen LogP) is 2.52. The van der Waals surface area contributed by atoms with Crippen molar-refractivity contribution in [3.8, 4) is 5.75 Å². The summed E-state index contributed by atoms with van der Waals surface area (Å²) in [6.07, 6.45) is 0. The third-order valence-electron chi connectivity index (χ3n) is 2.96. The quantitative estimate of drug-likeness (QED) is 0.714. The molecule has 8 heteroatoms. The van der Waals surface area contributed by atoms with Crippen LogP contribution in [0.2, 0.25) is 0 Å². The molecule has 0 bridgehead atoms. The van der Waals surface area contributed by atoms with Gasteiger partial charge in [-0.2, -0.15) is 0 Å². The first-order valence-corrected chi connectivity index (χ1v) is 9.17. The molecule has 0 unspecified atom stereocenters. The second-order valence-electron chi connectivity index (χ2n) is 4.45. The lowest BCUT2D eigenvalue weighted by Gasteiger charge is -2.23. The lowest BCUT2D eigenvalue weighted by Crippen LogP contribution is -2.35. The third-order valence-corrected chi connectivity index (χ3v) is 6.10. The van der Waals surface area contributed by atoms with Crippen LogP contribution < -0.4 is 9.04 Å². The molecule has 0 saturated heterocycles. The standard InChI is InChI=1S/C15H17NO5S2/c1-3-21-13-7-4-6-12(10-13)16(11-14(17)20-2)23(18,19)15-8-5-9-22-15/h4-10H,3,11H2,1-2H3. The third kappa shape index (κ3) is 4.02. The van der Waals surface area contributed by atoms with Crippen LogP contribution in [0, 0.1) is 0 Å². The van der Waals surface area contributed by atoms with Crippen LogP contribution >= 0.6 is 11.3 Å². The number of hydrogen-bond donors (Lipinski definition) is 0. The molecule has 0 aliphatic rings. The van der Waals surface area contributed by atoms with Gasteiger partial charge in [0, 0.05) is 6.07 Å². The highest BCUT2D eigenvalue weighted by Gasteiger charge is 2.28. The van der Waals surface area contributed by atoms with E-state index in [2.05, 4.69) is 4.74 Å². The summed E-state index contributed by atoms with van der Waals surface area (Å²) < 4.78 is 36.8. The number of carbonyl (C=O) groups excluding carboxylic acids is 1. The summed E-state index contributed by atoms with van der Waals surface area (Å²) in [5.41, 5.74) is 0.342. The smallest absolute Gasteiger partial charge is 0.326 e. The number of nitrogens with zero attached hydrogens (tertiary/aromatic N) is 1. The van der Waals surface area contributed by atoms with Gasteiger partial charge < -0.3 is 9.47 Å². The van der Waals surface area contributed by atoms with E-state index in [1.165, 1.54) is 13.2 Å². The Morgan fingerprint density at radius 2 is 2.04 bits per heavy atom. The molecule has 0 N–H and O–H groups in total. The molecule has 1 heterocycles. The van der Waals surface area contributed by atoms with Crippen molar-refractivity contribution in [3.05, 3.63) is 41.8 Å². The Morgan fingerprint density at radius 1 is 1.26 bits per heavy atom. The number of ether oxygens (including phenoxy) is 2. The minimum Gasteiger partial charge on any atom is -0.494 e. The lowest BCUT2D eigenvalue weighted by atomic mass is 10.3. The molecule has 0 fully saturated rings. The fourth-order valence-corrected chi connectivity index (χ4v) is 4.42. The van der Waals surface area contributed by atoms with Crippen LogP contribution in [0.3, 0.4) is 0 Å². The highest BCUT2D eigenvalue weighted by molar-refractivity contribution is 7.94. The topological polar surface area (TPSA) is 72.9 Å². The van der Waals surface area contributed by atoms with Gasteiger partial charge in [-0.05, 0) is 30.5 Å². The molecule has 0 aliphatic heterocycles. The Labute approximate surface area is 139 Å². The van der Waals surface area contributed by atoms with Crippen molar-refractivity contribution in [2.24, 2.45) is 0 Å². The summed E-state index contributed by atoms with van der Waals surface area (Å²) >= 11 is 1.09. The fraction of sp³-hybridized carbons (Fsp3) is 0.267. The van der Waals surface area contributed by atoms with Crippen molar-refractivity contribution in [3.63, 3.8) is 0 Å². The number of thiophene rings is 1. The number of methoxy groups -OCH3 is 1. The zero-order valence-corrected chi connectivity index (χ0v) is 14.4. The highest BCUT2D eigenvalue weighted by Crippen LogP contribution is 2.28. The molecule has 2 aromatic rings. The monoisotopic (exact) mass is 355 g/mol. The molecule has 6 nitrogen and oxygen atoms in total. The van der Waals surface area contributed by atoms with Crippen molar-refractivity contribution in [1.82, 2.24) is 0 Å². The van der Waals surface area contributed by atoms with Gasteiger partial charge in [-0.25, -0.2) is 8.42 Å². The Balaban J connectivity index is 2.46. The van der Waals surface area contributed by atoms with Crippen LogP contribution in [0.1, 0.15) is 6.92 Å². The normalized spacial score (nSPS) is 11.0. The van der Waals surface area contributed by atoms with E-state index in [1.54, 1.807) is 35.7 Å². The summed E-state index contributed by atoms with van der Waals surface area (Å²) in [6.45, 7) is 1.88. The minimum atomic E-state index is -3.85. The van der Waals surface area contributed by atoms with Gasteiger partial charge >= 0.3 is 5.97 Å². The van der Waals surface area contributed by atoms with Gasteiger partial charge in [-0.15, -0.1) is 11.3 Å². The Hall–Kier alpha value is -2.06. The average molecular weight is 355 g/mol. The van der Waals surface area contributed by atoms with Gasteiger partial charge in [-0.1, -0.05) is 12.1 Å². The first-order chi connectivity index (χ1) is 11.0. The summed E-state index contributed by atoms with van der Waals surface area (Å²) in [6, 6.07) is 9.73. The second-order valence-corrected chi connectivity index (χ2v) is 7.49. The zero-order valence-electron chi connectivity index (χ0n) is 12.8. The Morgan fingerprint density at radius 3 is 2.65 bits per heavy atom. The molecule has 0 saturated carbocycles. The molecule has 23 heavy (non-hydrogen) atoms. The number of benzene rings is 1. The number of hydrogen-bond acceptors (Lipinski definition) is 6. The maximum absolute atomic E-state index is 12.8. The van der Waals surface area contributed by atoms with Crippen LogP contribution in [0.4, 0.5) is 5.69 Å². The molecule has 0 aliphatic carbocycles. The van der Waals surface area contributed by atoms with E-state index in [9.17, 15) is 13.2 Å². The summed E-state index contributed by atoms with van der Waals surface area (Å²) in [5, 5.41) is 1.67. The van der Waals surface area contributed by atoms with E-state index < -0.39 is 22.5 Å². The van der Waals surface area contributed by atoms with Crippen molar-refractivity contribution < 1.29 is 22.7 Å². The van der Waals surface area contributed by atoms with Crippen molar-refractivity contribution >= 4 is 33.0 Å². The maximum atomic E-state index is 12.8. The van der Waals surface area contributed by atoms with Crippen LogP contribution in [-0.4, -0.2) is 34.6 Å². The number of rotatable bonds is 7. The van der Waals surface area contributed by atoms with E-state index in [1.807, 2.05) is 6.92 Å². The molecule has 0 spiro atoms. The molecular weight excluding hydrogens is 338 g/mol. The molecule has 124 valence electrons. The minimum absolute atomic E-state index is 0.156. The Kier molecular flexibility index (Phi) is 5.62. The second kappa shape index (κ2) is 7.47. The fourth-order valence-electron chi connectivity index (χ4n) is 1.91. The number of esters is 1. The van der Waals surface area contributed by atoms with Gasteiger partial charge in [0.15, 0.2) is 0 Å². The van der Waals surface area contributed by atoms with Crippen LogP contribution in [-0.2, 0) is 19.6 Å². The molecule has 0 radical (unpaired) electrons. The summed E-state index contributed by atoms with van der Waals surface area (Å²) in [4.78, 5) is 11.7. The van der Waals surface area contributed by atoms with Crippen LogP contribution in [0.15, 0.2) is 46.0 Å². The van der Waals surface area contributed by atoms with E-state index in [0.29, 0.717) is 18.0 Å². The van der Waals surface area contributed by atoms with Gasteiger partial charge in [0.1, 0.15) is 16.5 Å². The molecule has 1 aromatic carbocycles. The summed E-state index contributed by atoms with van der Waals surface area (Å²) in [5.74, 6) is -0.117. The van der Waals surface area contributed by atoms with Crippen molar-refractivity contribution in [2.45, 2.75) is 11.1 Å². The molecule has 0 atom stereocenters. The van der Waals surface area contributed by atoms with E-state index in [0.717, 1.165) is 15.6 Å². The number of anilines is 1. The van der Waals surface area contributed by atoms with Crippen LogP contribution in [0.5, 0.6) is 5.75 Å². The highest BCUT2D eigenvalue weighted by atomic mass is 32.2. The number of sulfonamides is 1. The van der Waals surface area contributed by atoms with E-state index >= 15 is 0 Å². The Bertz CT molecular complexity index is 756. The number of carbonyl (C=O) groups is 1. The largest absolute Gasteiger partial charge is 0.494 e. The SMILES string of the molecule is CCOc1cccc(N(CC(=O)OC)S(=O)(=O)c2cccs2)c1. The first kappa shape index (κ1) is 17.3. The summed E-state index contributed by atoms with van der Waals surface area (Å²) in [7, 11) is -2.64. The lowest BCUT2D eigenvalue weighted by molar-refractivity contribution is -0.138. The molecule has 1 aromatic heterocycles. The van der Waals surface area contributed by atoms with Crippen LogP contribution in [0.25, 0.3) is 0 Å². The zero-order chi connectivity index (χ0) is 16.9. The molecular formula is C15H17NO5S2. The average Bonchev–Trinajstić information content (AvgIpc) is 3.08. The van der Waals surface area contributed by atoms with Gasteiger partial charge in [-0.3, -0.25) is 9.10 Å². The van der Waals surface area contributed by atoms with Crippen molar-refractivity contribution in [1.29, 1.82) is 0 Å². The molecule has 0 amide bonds. The van der Waals surface area contributed by atoms with E-state index in [4.69, 9.17) is 4.74 Å². The maximum Gasteiger partial charge on any atom is 0.326 e. The van der Waals surface area contributed by atoms with E-state index in [-0.39, 0.29) is 4.21 Å².